The van der Waals surface area contributed by atoms with E-state index in [0.717, 1.165) is 11.1 Å². The number of hydrogen-bond donors (Lipinski definition) is 0. The maximum absolute atomic E-state index is 11.8. The van der Waals surface area contributed by atoms with Gasteiger partial charge in [0.25, 0.3) is 0 Å². The summed E-state index contributed by atoms with van der Waals surface area (Å²) in [5.41, 5.74) is 1.84. The van der Waals surface area contributed by atoms with Crippen LogP contribution in [0.3, 0.4) is 0 Å². The molecule has 0 saturated carbocycles. The molecule has 0 spiro atoms. The van der Waals surface area contributed by atoms with Crippen LogP contribution in [0.2, 0.25) is 10.0 Å². The second-order valence-corrected chi connectivity index (χ2v) is 5.30. The van der Waals surface area contributed by atoms with Crippen molar-refractivity contribution < 1.29 is 4.79 Å². The van der Waals surface area contributed by atoms with Gasteiger partial charge in [-0.05, 0) is 34.0 Å². The lowest BCUT2D eigenvalue weighted by atomic mass is 10.0. The van der Waals surface area contributed by atoms with Gasteiger partial charge in [0, 0.05) is 12.8 Å². The van der Waals surface area contributed by atoms with E-state index < -0.39 is 0 Å². The van der Waals surface area contributed by atoms with Gasteiger partial charge in [-0.3, -0.25) is 4.79 Å². The summed E-state index contributed by atoms with van der Waals surface area (Å²) in [6.45, 7) is 0. The van der Waals surface area contributed by atoms with Crippen LogP contribution in [0.1, 0.15) is 11.1 Å². The standard InChI is InChI=1S/C13H10Cl2OS/c14-12-3-1-2-10(13(12)15)7-11(16)6-9-4-5-17-8-9/h1-5,8H,6-7H2. The van der Waals surface area contributed by atoms with Gasteiger partial charge in [-0.2, -0.15) is 11.3 Å². The van der Waals surface area contributed by atoms with Crippen molar-refractivity contribution in [3.8, 4) is 0 Å². The Kier molecular flexibility index (Phi) is 4.21. The summed E-state index contributed by atoms with van der Waals surface area (Å²) in [5, 5.41) is 4.92. The molecular formula is C13H10Cl2OS. The van der Waals surface area contributed by atoms with Crippen LogP contribution in [0.15, 0.2) is 35.0 Å². The number of benzene rings is 1. The number of carbonyl (C=O) groups excluding carboxylic acids is 1. The van der Waals surface area contributed by atoms with Crippen molar-refractivity contribution in [1.82, 2.24) is 0 Å². The minimum atomic E-state index is 0.146. The predicted octanol–water partition coefficient (Wildman–Crippen LogP) is 4.41. The first-order valence-electron chi connectivity index (χ1n) is 5.12. The molecule has 0 fully saturated rings. The van der Waals surface area contributed by atoms with Crippen LogP contribution in [-0.4, -0.2) is 5.78 Å². The molecule has 0 unspecified atom stereocenters. The fourth-order valence-corrected chi connectivity index (χ4v) is 2.64. The average Bonchev–Trinajstić information content (AvgIpc) is 2.77. The molecule has 0 aliphatic carbocycles. The fraction of sp³-hybridized carbons (Fsp3) is 0.154. The first-order valence-corrected chi connectivity index (χ1v) is 6.82. The minimum Gasteiger partial charge on any atom is -0.299 e. The van der Waals surface area contributed by atoms with Gasteiger partial charge in [-0.15, -0.1) is 0 Å². The number of ketones is 1. The van der Waals surface area contributed by atoms with Crippen molar-refractivity contribution in [3.05, 3.63) is 56.2 Å². The molecule has 17 heavy (non-hydrogen) atoms. The number of carbonyl (C=O) groups is 1. The third-order valence-electron chi connectivity index (χ3n) is 2.40. The summed E-state index contributed by atoms with van der Waals surface area (Å²) in [6, 6.07) is 7.32. The van der Waals surface area contributed by atoms with E-state index in [4.69, 9.17) is 23.2 Å². The van der Waals surface area contributed by atoms with Gasteiger partial charge in [0.05, 0.1) is 10.0 Å². The van der Waals surface area contributed by atoms with Crippen molar-refractivity contribution in [2.24, 2.45) is 0 Å². The molecule has 1 nitrogen and oxygen atoms in total. The van der Waals surface area contributed by atoms with Crippen molar-refractivity contribution in [2.45, 2.75) is 12.8 Å². The summed E-state index contributed by atoms with van der Waals surface area (Å²) in [6.07, 6.45) is 0.779. The smallest absolute Gasteiger partial charge is 0.141 e. The van der Waals surface area contributed by atoms with Crippen molar-refractivity contribution in [1.29, 1.82) is 0 Å². The number of rotatable bonds is 4. The monoisotopic (exact) mass is 284 g/mol. The Hall–Kier alpha value is -0.830. The summed E-state index contributed by atoms with van der Waals surface area (Å²) in [4.78, 5) is 11.8. The number of hydrogen-bond acceptors (Lipinski definition) is 2. The van der Waals surface area contributed by atoms with Crippen molar-refractivity contribution in [3.63, 3.8) is 0 Å². The van der Waals surface area contributed by atoms with Gasteiger partial charge >= 0.3 is 0 Å². The Bertz CT molecular complexity index is 520. The SMILES string of the molecule is O=C(Cc1ccsc1)Cc1cccc(Cl)c1Cl. The van der Waals surface area contributed by atoms with E-state index in [1.807, 2.05) is 22.9 Å². The maximum Gasteiger partial charge on any atom is 0.141 e. The van der Waals surface area contributed by atoms with Crippen LogP contribution in [0.25, 0.3) is 0 Å². The van der Waals surface area contributed by atoms with Gasteiger partial charge < -0.3 is 0 Å². The van der Waals surface area contributed by atoms with Crippen LogP contribution in [0.5, 0.6) is 0 Å². The second-order valence-electron chi connectivity index (χ2n) is 3.74. The first-order chi connectivity index (χ1) is 8.16. The molecule has 1 aromatic carbocycles. The van der Waals surface area contributed by atoms with Gasteiger partial charge in [-0.25, -0.2) is 0 Å². The summed E-state index contributed by atoms with van der Waals surface area (Å²) in [7, 11) is 0. The summed E-state index contributed by atoms with van der Waals surface area (Å²) >= 11 is 13.5. The van der Waals surface area contributed by atoms with Crippen LogP contribution in [0, 0.1) is 0 Å². The quantitative estimate of drug-likeness (QED) is 0.813. The zero-order chi connectivity index (χ0) is 12.3. The molecule has 0 radical (unpaired) electrons. The van der Waals surface area contributed by atoms with Crippen LogP contribution in [-0.2, 0) is 17.6 Å². The molecular weight excluding hydrogens is 275 g/mol. The van der Waals surface area contributed by atoms with E-state index in [-0.39, 0.29) is 5.78 Å². The topological polar surface area (TPSA) is 17.1 Å². The van der Waals surface area contributed by atoms with E-state index in [1.54, 1.807) is 23.5 Å². The molecule has 0 atom stereocenters. The summed E-state index contributed by atoms with van der Waals surface area (Å²) in [5.74, 6) is 0.146. The van der Waals surface area contributed by atoms with E-state index in [9.17, 15) is 4.79 Å². The highest BCUT2D eigenvalue weighted by atomic mass is 35.5. The van der Waals surface area contributed by atoms with Gasteiger partial charge in [0.1, 0.15) is 5.78 Å². The zero-order valence-electron chi connectivity index (χ0n) is 8.95. The Balaban J connectivity index is 2.06. The van der Waals surface area contributed by atoms with Crippen LogP contribution >= 0.6 is 34.5 Å². The van der Waals surface area contributed by atoms with E-state index >= 15 is 0 Å². The van der Waals surface area contributed by atoms with Crippen LogP contribution < -0.4 is 0 Å². The molecule has 2 aromatic rings. The molecule has 2 rings (SSSR count). The number of halogens is 2. The molecule has 0 aliphatic heterocycles. The molecule has 0 aliphatic rings. The third kappa shape index (κ3) is 3.32. The summed E-state index contributed by atoms with van der Waals surface area (Å²) < 4.78 is 0. The Labute approximate surface area is 114 Å². The van der Waals surface area contributed by atoms with E-state index in [1.165, 1.54) is 0 Å². The maximum atomic E-state index is 11.8. The lowest BCUT2D eigenvalue weighted by Crippen LogP contribution is -2.06. The highest BCUT2D eigenvalue weighted by Gasteiger charge is 2.10. The highest BCUT2D eigenvalue weighted by Crippen LogP contribution is 2.26. The average molecular weight is 285 g/mol. The molecule has 88 valence electrons. The molecule has 0 saturated heterocycles. The highest BCUT2D eigenvalue weighted by molar-refractivity contribution is 7.08. The third-order valence-corrected chi connectivity index (χ3v) is 3.99. The predicted molar refractivity (Wildman–Crippen MR) is 73.2 cm³/mol. The molecule has 0 bridgehead atoms. The minimum absolute atomic E-state index is 0.146. The number of thiophene rings is 1. The Morgan fingerprint density at radius 2 is 2.00 bits per heavy atom. The molecule has 1 heterocycles. The normalized spacial score (nSPS) is 10.5. The molecule has 1 aromatic heterocycles. The first kappa shape index (κ1) is 12.6. The number of Topliss-reactive ketones (excluding diaryl/α,β-unsaturated/α-hetero) is 1. The lowest BCUT2D eigenvalue weighted by molar-refractivity contribution is -0.117. The van der Waals surface area contributed by atoms with Crippen molar-refractivity contribution in [2.75, 3.05) is 0 Å². The Morgan fingerprint density at radius 1 is 1.18 bits per heavy atom. The lowest BCUT2D eigenvalue weighted by Gasteiger charge is -2.04. The van der Waals surface area contributed by atoms with Gasteiger partial charge in [0.2, 0.25) is 0 Å². The largest absolute Gasteiger partial charge is 0.299 e. The van der Waals surface area contributed by atoms with E-state index in [0.29, 0.717) is 22.9 Å². The molecule has 4 heteroatoms. The van der Waals surface area contributed by atoms with Gasteiger partial charge in [-0.1, -0.05) is 35.3 Å². The van der Waals surface area contributed by atoms with Crippen molar-refractivity contribution >= 4 is 40.3 Å². The molecule has 0 N–H and O–H groups in total. The fourth-order valence-electron chi connectivity index (χ4n) is 1.58. The van der Waals surface area contributed by atoms with Crippen LogP contribution in [0.4, 0.5) is 0 Å². The second kappa shape index (κ2) is 5.67. The molecule has 0 amide bonds. The Morgan fingerprint density at radius 3 is 2.71 bits per heavy atom. The zero-order valence-corrected chi connectivity index (χ0v) is 11.3. The van der Waals surface area contributed by atoms with E-state index in [2.05, 4.69) is 0 Å². The van der Waals surface area contributed by atoms with Gasteiger partial charge in [0.15, 0.2) is 0 Å².